The van der Waals surface area contributed by atoms with Gasteiger partial charge in [0.1, 0.15) is 5.76 Å². The molecule has 0 unspecified atom stereocenters. The highest BCUT2D eigenvalue weighted by molar-refractivity contribution is 7.88. The fourth-order valence-electron chi connectivity index (χ4n) is 1.97. The lowest BCUT2D eigenvalue weighted by molar-refractivity contribution is 0.375. The number of rotatable bonds is 6. The zero-order valence-corrected chi connectivity index (χ0v) is 12.1. The van der Waals surface area contributed by atoms with Crippen molar-refractivity contribution in [2.24, 2.45) is 0 Å². The van der Waals surface area contributed by atoms with E-state index in [1.54, 1.807) is 43.3 Å². The molecule has 0 atom stereocenters. The van der Waals surface area contributed by atoms with Crippen molar-refractivity contribution >= 4 is 15.7 Å². The van der Waals surface area contributed by atoms with Gasteiger partial charge in [-0.05, 0) is 29.8 Å². The van der Waals surface area contributed by atoms with Gasteiger partial charge >= 0.3 is 0 Å². The minimum atomic E-state index is -3.40. The van der Waals surface area contributed by atoms with E-state index in [0.29, 0.717) is 23.6 Å². The first kappa shape index (κ1) is 14.6. The Balaban J connectivity index is 2.15. The molecule has 5 nitrogen and oxygen atoms in total. The molecule has 0 aliphatic rings. The molecule has 0 bridgehead atoms. The molecular weight excluding hydrogens is 276 g/mol. The number of nitrogens with zero attached hydrogens (tertiary/aromatic N) is 1. The molecule has 0 amide bonds. The number of hydrogen-bond donors (Lipinski definition) is 1. The third kappa shape index (κ3) is 3.61. The summed E-state index contributed by atoms with van der Waals surface area (Å²) in [5.74, 6) is 0.565. The molecule has 1 aromatic heterocycles. The lowest BCUT2D eigenvalue weighted by Crippen LogP contribution is -2.31. The molecule has 2 aromatic rings. The van der Waals surface area contributed by atoms with Crippen molar-refractivity contribution in [3.8, 4) is 0 Å². The monoisotopic (exact) mass is 294 g/mol. The minimum Gasteiger partial charge on any atom is -0.468 e. The zero-order valence-electron chi connectivity index (χ0n) is 11.3. The van der Waals surface area contributed by atoms with E-state index in [1.807, 2.05) is 0 Å². The molecule has 0 aliphatic heterocycles. The largest absolute Gasteiger partial charge is 0.468 e. The number of benzene rings is 1. The molecule has 6 heteroatoms. The van der Waals surface area contributed by atoms with E-state index in [1.165, 1.54) is 10.6 Å². The Morgan fingerprint density at radius 1 is 1.25 bits per heavy atom. The summed E-state index contributed by atoms with van der Waals surface area (Å²) < 4.78 is 31.4. The molecule has 2 rings (SSSR count). The van der Waals surface area contributed by atoms with Crippen LogP contribution in [-0.2, 0) is 22.3 Å². The van der Waals surface area contributed by atoms with E-state index in [-0.39, 0.29) is 12.3 Å². The van der Waals surface area contributed by atoms with Gasteiger partial charge in [0.15, 0.2) is 0 Å². The van der Waals surface area contributed by atoms with Crippen LogP contribution in [0.1, 0.15) is 18.2 Å². The number of nitrogen functional groups attached to an aromatic ring is 1. The molecule has 0 saturated heterocycles. The summed E-state index contributed by atoms with van der Waals surface area (Å²) >= 11 is 0. The predicted molar refractivity (Wildman–Crippen MR) is 78.3 cm³/mol. The SMILES string of the molecule is CCN(Cc1ccco1)S(=O)(=O)Cc1cccc(N)c1. The number of anilines is 1. The van der Waals surface area contributed by atoms with Crippen molar-refractivity contribution in [1.29, 1.82) is 0 Å². The van der Waals surface area contributed by atoms with E-state index < -0.39 is 10.0 Å². The van der Waals surface area contributed by atoms with Crippen LogP contribution < -0.4 is 5.73 Å². The first-order valence-corrected chi connectivity index (χ1v) is 7.97. The summed E-state index contributed by atoms with van der Waals surface area (Å²) in [5, 5.41) is 0. The minimum absolute atomic E-state index is 0.0629. The van der Waals surface area contributed by atoms with E-state index >= 15 is 0 Å². The molecule has 2 N–H and O–H groups in total. The normalized spacial score (nSPS) is 11.9. The third-order valence-electron chi connectivity index (χ3n) is 2.96. The average Bonchev–Trinajstić information content (AvgIpc) is 2.88. The molecule has 0 fully saturated rings. The second-order valence-electron chi connectivity index (χ2n) is 4.51. The maximum absolute atomic E-state index is 12.4. The van der Waals surface area contributed by atoms with Gasteiger partial charge in [0.2, 0.25) is 10.0 Å². The highest BCUT2D eigenvalue weighted by Crippen LogP contribution is 2.16. The third-order valence-corrected chi connectivity index (χ3v) is 4.83. The van der Waals surface area contributed by atoms with Crippen LogP contribution in [-0.4, -0.2) is 19.3 Å². The van der Waals surface area contributed by atoms with Gasteiger partial charge in [0.25, 0.3) is 0 Å². The van der Waals surface area contributed by atoms with Crippen molar-refractivity contribution in [3.05, 3.63) is 54.0 Å². The molecule has 0 aliphatic carbocycles. The Morgan fingerprint density at radius 2 is 2.05 bits per heavy atom. The average molecular weight is 294 g/mol. The summed E-state index contributed by atoms with van der Waals surface area (Å²) in [6.07, 6.45) is 1.54. The molecular formula is C14H18N2O3S. The van der Waals surface area contributed by atoms with Crippen LogP contribution >= 0.6 is 0 Å². The highest BCUT2D eigenvalue weighted by atomic mass is 32.2. The van der Waals surface area contributed by atoms with Crippen LogP contribution in [0.5, 0.6) is 0 Å². The maximum Gasteiger partial charge on any atom is 0.218 e. The van der Waals surface area contributed by atoms with E-state index in [0.717, 1.165) is 0 Å². The zero-order chi connectivity index (χ0) is 14.6. The van der Waals surface area contributed by atoms with Gasteiger partial charge < -0.3 is 10.2 Å². The Bertz CT molecular complexity index is 651. The summed E-state index contributed by atoms with van der Waals surface area (Å²) in [7, 11) is -3.40. The summed E-state index contributed by atoms with van der Waals surface area (Å²) in [6.45, 7) is 2.44. The molecule has 1 aromatic carbocycles. The first-order chi connectivity index (χ1) is 9.51. The molecule has 1 heterocycles. The molecule has 0 spiro atoms. The van der Waals surface area contributed by atoms with Crippen molar-refractivity contribution in [2.75, 3.05) is 12.3 Å². The van der Waals surface area contributed by atoms with Gasteiger partial charge in [-0.1, -0.05) is 19.1 Å². The van der Waals surface area contributed by atoms with Gasteiger partial charge in [-0.25, -0.2) is 8.42 Å². The Kier molecular flexibility index (Phi) is 4.46. The molecule has 20 heavy (non-hydrogen) atoms. The van der Waals surface area contributed by atoms with Crippen LogP contribution in [0.4, 0.5) is 5.69 Å². The second kappa shape index (κ2) is 6.11. The summed E-state index contributed by atoms with van der Waals surface area (Å²) in [5.41, 5.74) is 6.92. The summed E-state index contributed by atoms with van der Waals surface area (Å²) in [6, 6.07) is 10.4. The summed E-state index contributed by atoms with van der Waals surface area (Å²) in [4.78, 5) is 0. The number of furan rings is 1. The van der Waals surface area contributed by atoms with Gasteiger partial charge in [0.05, 0.1) is 18.6 Å². The first-order valence-electron chi connectivity index (χ1n) is 6.36. The van der Waals surface area contributed by atoms with E-state index in [2.05, 4.69) is 0 Å². The molecule has 108 valence electrons. The Hall–Kier alpha value is -1.79. The highest BCUT2D eigenvalue weighted by Gasteiger charge is 2.22. The molecule has 0 saturated carbocycles. The van der Waals surface area contributed by atoms with Gasteiger partial charge in [-0.2, -0.15) is 4.31 Å². The lowest BCUT2D eigenvalue weighted by atomic mass is 10.2. The standard InChI is InChI=1S/C14H18N2O3S/c1-2-16(10-14-7-4-8-19-14)20(17,18)11-12-5-3-6-13(15)9-12/h3-9H,2,10-11,15H2,1H3. The van der Waals surface area contributed by atoms with Crippen molar-refractivity contribution in [2.45, 2.75) is 19.2 Å². The van der Waals surface area contributed by atoms with E-state index in [4.69, 9.17) is 10.2 Å². The number of nitrogens with two attached hydrogens (primary N) is 1. The van der Waals surface area contributed by atoms with Crippen molar-refractivity contribution in [1.82, 2.24) is 4.31 Å². The van der Waals surface area contributed by atoms with Gasteiger partial charge in [-0.3, -0.25) is 0 Å². The Labute approximate surface area is 119 Å². The van der Waals surface area contributed by atoms with Crippen LogP contribution in [0.25, 0.3) is 0 Å². The quantitative estimate of drug-likeness (QED) is 0.829. The maximum atomic E-state index is 12.4. The van der Waals surface area contributed by atoms with Crippen LogP contribution in [0.3, 0.4) is 0 Å². The van der Waals surface area contributed by atoms with Gasteiger partial charge in [-0.15, -0.1) is 0 Å². The lowest BCUT2D eigenvalue weighted by Gasteiger charge is -2.19. The smallest absolute Gasteiger partial charge is 0.218 e. The van der Waals surface area contributed by atoms with Crippen LogP contribution in [0.2, 0.25) is 0 Å². The van der Waals surface area contributed by atoms with Crippen molar-refractivity contribution < 1.29 is 12.8 Å². The van der Waals surface area contributed by atoms with Crippen LogP contribution in [0.15, 0.2) is 47.1 Å². The number of hydrogen-bond acceptors (Lipinski definition) is 4. The van der Waals surface area contributed by atoms with Crippen LogP contribution in [0, 0.1) is 0 Å². The topological polar surface area (TPSA) is 76.5 Å². The van der Waals surface area contributed by atoms with E-state index in [9.17, 15) is 8.42 Å². The fraction of sp³-hybridized carbons (Fsp3) is 0.286. The fourth-order valence-corrected chi connectivity index (χ4v) is 3.47. The van der Waals surface area contributed by atoms with Gasteiger partial charge in [0, 0.05) is 12.2 Å². The second-order valence-corrected chi connectivity index (χ2v) is 6.48. The van der Waals surface area contributed by atoms with Crippen molar-refractivity contribution in [3.63, 3.8) is 0 Å². The predicted octanol–water partition coefficient (Wildman–Crippen LogP) is 2.21. The number of sulfonamides is 1. The molecule has 0 radical (unpaired) electrons. The Morgan fingerprint density at radius 3 is 2.65 bits per heavy atom.